The number of rotatable bonds is 14. The molecule has 0 bridgehead atoms. The van der Waals surface area contributed by atoms with Crippen molar-refractivity contribution in [2.24, 2.45) is 11.5 Å². The van der Waals surface area contributed by atoms with Crippen molar-refractivity contribution < 1.29 is 29.1 Å². The van der Waals surface area contributed by atoms with Crippen LogP contribution in [0.4, 0.5) is 0 Å². The Kier molecular flexibility index (Phi) is 9.54. The third-order valence-corrected chi connectivity index (χ3v) is 5.84. The third kappa shape index (κ3) is 7.64. The van der Waals surface area contributed by atoms with Gasteiger partial charge in [0.2, 0.25) is 23.6 Å². The number of amides is 4. The predicted octanol–water partition coefficient (Wildman–Crippen LogP) is -1.56. The second kappa shape index (κ2) is 13.0. The largest absolute Gasteiger partial charge is 0.480 e. The Morgan fingerprint density at radius 2 is 1.66 bits per heavy atom. The van der Waals surface area contributed by atoms with Gasteiger partial charge in [0.15, 0.2) is 0 Å². The van der Waals surface area contributed by atoms with Crippen LogP contribution in [0.2, 0.25) is 0 Å². The average molecular weight is 527 g/mol. The summed E-state index contributed by atoms with van der Waals surface area (Å²) in [5.41, 5.74) is 12.5. The lowest BCUT2D eigenvalue weighted by Gasteiger charge is -2.24. The molecule has 4 amide bonds. The van der Waals surface area contributed by atoms with Crippen LogP contribution in [0.15, 0.2) is 43.0 Å². The minimum absolute atomic E-state index is 0.00532. The van der Waals surface area contributed by atoms with Gasteiger partial charge in [-0.3, -0.25) is 19.2 Å². The highest BCUT2D eigenvalue weighted by Crippen LogP contribution is 2.19. The molecule has 0 aliphatic carbocycles. The maximum atomic E-state index is 13.3. The van der Waals surface area contributed by atoms with E-state index in [-0.39, 0.29) is 25.7 Å². The first-order chi connectivity index (χ1) is 18.2. The second-order valence-corrected chi connectivity index (χ2v) is 8.63. The third-order valence-electron chi connectivity index (χ3n) is 5.84. The Balaban J connectivity index is 1.85. The van der Waals surface area contributed by atoms with Crippen molar-refractivity contribution in [3.8, 4) is 0 Å². The molecule has 0 aliphatic heterocycles. The van der Waals surface area contributed by atoms with Crippen LogP contribution in [-0.2, 0) is 36.8 Å². The van der Waals surface area contributed by atoms with E-state index in [4.69, 9.17) is 11.5 Å². The average Bonchev–Trinajstić information content (AvgIpc) is 3.55. The number of benzene rings is 1. The Labute approximate surface area is 216 Å². The Morgan fingerprint density at radius 1 is 0.947 bits per heavy atom. The first kappa shape index (κ1) is 27.9. The summed E-state index contributed by atoms with van der Waals surface area (Å²) in [5.74, 6) is -4.11. The number of hydrogen-bond donors (Lipinski definition) is 8. The molecule has 14 nitrogen and oxygen atoms in total. The molecule has 0 saturated heterocycles. The van der Waals surface area contributed by atoms with E-state index in [9.17, 15) is 29.1 Å². The van der Waals surface area contributed by atoms with Gasteiger partial charge in [-0.2, -0.15) is 0 Å². The summed E-state index contributed by atoms with van der Waals surface area (Å²) in [6, 6.07) is 3.61. The number of aliphatic carboxylic acids is 1. The van der Waals surface area contributed by atoms with Gasteiger partial charge in [0.05, 0.1) is 12.9 Å². The lowest BCUT2D eigenvalue weighted by molar-refractivity contribution is -0.142. The SMILES string of the molecule is NCC(=O)NC(CCC(N)=O)C(=O)NC(Cc1c[nH]c2ccccc12)C(=O)NC(Cc1cnc[nH]1)C(=O)O. The van der Waals surface area contributed by atoms with Crippen LogP contribution in [-0.4, -0.2) is 74.3 Å². The van der Waals surface area contributed by atoms with Crippen molar-refractivity contribution in [1.29, 1.82) is 0 Å². The highest BCUT2D eigenvalue weighted by atomic mass is 16.4. The molecule has 38 heavy (non-hydrogen) atoms. The van der Waals surface area contributed by atoms with E-state index in [2.05, 4.69) is 30.9 Å². The van der Waals surface area contributed by atoms with E-state index in [1.54, 1.807) is 6.20 Å². The zero-order valence-corrected chi connectivity index (χ0v) is 20.4. The van der Waals surface area contributed by atoms with E-state index in [1.165, 1.54) is 12.5 Å². The van der Waals surface area contributed by atoms with Crippen LogP contribution in [0.3, 0.4) is 0 Å². The molecule has 3 unspecified atom stereocenters. The first-order valence-electron chi connectivity index (χ1n) is 11.8. The molecule has 0 spiro atoms. The molecular formula is C24H30N8O6. The highest BCUT2D eigenvalue weighted by Gasteiger charge is 2.30. The number of carbonyl (C=O) groups excluding carboxylic acids is 4. The number of aromatic amines is 2. The van der Waals surface area contributed by atoms with Gasteiger partial charge in [0.25, 0.3) is 0 Å². The minimum atomic E-state index is -1.31. The van der Waals surface area contributed by atoms with Crippen molar-refractivity contribution in [3.63, 3.8) is 0 Å². The van der Waals surface area contributed by atoms with Gasteiger partial charge in [0, 0.05) is 48.3 Å². The van der Waals surface area contributed by atoms with E-state index >= 15 is 0 Å². The van der Waals surface area contributed by atoms with Gasteiger partial charge in [-0.25, -0.2) is 9.78 Å². The fourth-order valence-electron chi connectivity index (χ4n) is 3.90. The first-order valence-corrected chi connectivity index (χ1v) is 11.8. The lowest BCUT2D eigenvalue weighted by Crippen LogP contribution is -2.57. The molecule has 3 aromatic rings. The summed E-state index contributed by atoms with van der Waals surface area (Å²) in [4.78, 5) is 71.3. The maximum absolute atomic E-state index is 13.3. The lowest BCUT2D eigenvalue weighted by atomic mass is 10.0. The molecule has 202 valence electrons. The zero-order chi connectivity index (χ0) is 27.7. The fraction of sp³-hybridized carbons (Fsp3) is 0.333. The van der Waals surface area contributed by atoms with E-state index in [1.807, 2.05) is 24.3 Å². The van der Waals surface area contributed by atoms with Gasteiger partial charge in [-0.1, -0.05) is 18.2 Å². The van der Waals surface area contributed by atoms with Crippen LogP contribution in [0.1, 0.15) is 24.1 Å². The number of H-pyrrole nitrogens is 2. The number of fused-ring (bicyclic) bond motifs is 1. The van der Waals surface area contributed by atoms with Crippen LogP contribution >= 0.6 is 0 Å². The summed E-state index contributed by atoms with van der Waals surface area (Å²) in [5, 5.41) is 18.0. The number of imidazole rings is 1. The number of carboxylic acids is 1. The van der Waals surface area contributed by atoms with Crippen molar-refractivity contribution >= 4 is 40.5 Å². The summed E-state index contributed by atoms with van der Waals surface area (Å²) in [6.07, 6.45) is 4.14. The van der Waals surface area contributed by atoms with Crippen molar-refractivity contribution in [3.05, 3.63) is 54.2 Å². The number of nitrogens with two attached hydrogens (primary N) is 2. The van der Waals surface area contributed by atoms with Crippen LogP contribution < -0.4 is 27.4 Å². The summed E-state index contributed by atoms with van der Waals surface area (Å²) in [6.45, 7) is -0.395. The molecule has 2 aromatic heterocycles. The summed E-state index contributed by atoms with van der Waals surface area (Å²) < 4.78 is 0. The molecule has 0 fully saturated rings. The van der Waals surface area contributed by atoms with Crippen molar-refractivity contribution in [2.45, 2.75) is 43.8 Å². The van der Waals surface area contributed by atoms with Crippen molar-refractivity contribution in [1.82, 2.24) is 30.9 Å². The van der Waals surface area contributed by atoms with Gasteiger partial charge in [-0.05, 0) is 18.1 Å². The Bertz CT molecular complexity index is 1290. The smallest absolute Gasteiger partial charge is 0.326 e. The van der Waals surface area contributed by atoms with Gasteiger partial charge >= 0.3 is 5.97 Å². The maximum Gasteiger partial charge on any atom is 0.326 e. The number of primary amides is 1. The van der Waals surface area contributed by atoms with E-state index in [0.717, 1.165) is 10.9 Å². The number of carboxylic acid groups (broad SMARTS) is 1. The highest BCUT2D eigenvalue weighted by molar-refractivity contribution is 5.94. The standard InChI is InChI=1S/C24H30N8O6/c25-9-21(34)30-17(5-6-20(26)33)22(35)31-18(7-13-10-28-16-4-2-1-3-15(13)16)23(36)32-19(24(37)38)8-14-11-27-12-29-14/h1-4,10-12,17-19,28H,5-9,25H2,(H2,26,33)(H,27,29)(H,30,34)(H,31,35)(H,32,36)(H,37,38). The summed E-state index contributed by atoms with van der Waals surface area (Å²) in [7, 11) is 0. The number of aromatic nitrogens is 3. The van der Waals surface area contributed by atoms with Crippen molar-refractivity contribution in [2.75, 3.05) is 6.54 Å². The zero-order valence-electron chi connectivity index (χ0n) is 20.4. The normalized spacial score (nSPS) is 13.3. The number of nitrogens with zero attached hydrogens (tertiary/aromatic N) is 1. The van der Waals surface area contributed by atoms with E-state index < -0.39 is 54.3 Å². The molecule has 1 aromatic carbocycles. The molecular weight excluding hydrogens is 496 g/mol. The number of nitrogens with one attached hydrogen (secondary N) is 5. The number of hydrogen-bond acceptors (Lipinski definition) is 7. The summed E-state index contributed by atoms with van der Waals surface area (Å²) >= 11 is 0. The molecule has 0 saturated carbocycles. The molecule has 3 atom stereocenters. The number of para-hydroxylation sites is 1. The van der Waals surface area contributed by atoms with Gasteiger partial charge in [0.1, 0.15) is 18.1 Å². The fourth-order valence-corrected chi connectivity index (χ4v) is 3.90. The topological polar surface area (TPSA) is 238 Å². The van der Waals surface area contributed by atoms with Gasteiger partial charge in [-0.15, -0.1) is 0 Å². The molecule has 2 heterocycles. The van der Waals surface area contributed by atoms with Crippen LogP contribution in [0, 0.1) is 0 Å². The molecule has 0 aliphatic rings. The Hall–Kier alpha value is -4.72. The predicted molar refractivity (Wildman–Crippen MR) is 135 cm³/mol. The minimum Gasteiger partial charge on any atom is -0.480 e. The number of carbonyl (C=O) groups is 5. The molecule has 0 radical (unpaired) electrons. The second-order valence-electron chi connectivity index (χ2n) is 8.63. The Morgan fingerprint density at radius 3 is 2.32 bits per heavy atom. The van der Waals surface area contributed by atoms with E-state index in [0.29, 0.717) is 11.3 Å². The quantitative estimate of drug-likeness (QED) is 0.122. The monoisotopic (exact) mass is 526 g/mol. The molecule has 10 N–H and O–H groups in total. The van der Waals surface area contributed by atoms with Gasteiger partial charge < -0.3 is 42.5 Å². The van der Waals surface area contributed by atoms with Crippen LogP contribution in [0.25, 0.3) is 10.9 Å². The molecule has 3 rings (SSSR count). The van der Waals surface area contributed by atoms with Crippen LogP contribution in [0.5, 0.6) is 0 Å². The molecule has 14 heteroatoms.